The number of nitrogens with zero attached hydrogens (tertiary/aromatic N) is 4. The number of rotatable bonds is 5. The average molecular weight is 410 g/mol. The SMILES string of the molecule is Cc1ccc2nc(C3CCC(=NCCC(C)(C)O)CC3)nc(N3CC[C@@H](N)C3)c2c1. The summed E-state index contributed by atoms with van der Waals surface area (Å²) in [5, 5.41) is 11.0. The Hall–Kier alpha value is -2.05. The van der Waals surface area contributed by atoms with Crippen LogP contribution in [0.5, 0.6) is 0 Å². The van der Waals surface area contributed by atoms with Crippen LogP contribution in [0, 0.1) is 6.92 Å². The third kappa shape index (κ3) is 4.98. The number of aromatic nitrogens is 2. The predicted molar refractivity (Wildman–Crippen MR) is 124 cm³/mol. The second-order valence-corrected chi connectivity index (χ2v) is 9.71. The van der Waals surface area contributed by atoms with Crippen LogP contribution in [-0.2, 0) is 0 Å². The maximum atomic E-state index is 9.88. The van der Waals surface area contributed by atoms with Crippen LogP contribution in [0.3, 0.4) is 0 Å². The fourth-order valence-electron chi connectivity index (χ4n) is 4.50. The number of nitrogens with two attached hydrogens (primary N) is 1. The van der Waals surface area contributed by atoms with Crippen molar-refractivity contribution in [3.8, 4) is 0 Å². The fraction of sp³-hybridized carbons (Fsp3) is 0.625. The highest BCUT2D eigenvalue weighted by atomic mass is 16.3. The minimum Gasteiger partial charge on any atom is -0.390 e. The van der Waals surface area contributed by atoms with Gasteiger partial charge in [0.25, 0.3) is 0 Å². The predicted octanol–water partition coefficient (Wildman–Crippen LogP) is 3.74. The molecule has 0 radical (unpaired) electrons. The van der Waals surface area contributed by atoms with E-state index in [4.69, 9.17) is 20.7 Å². The second kappa shape index (κ2) is 8.60. The van der Waals surface area contributed by atoms with Gasteiger partial charge in [0.15, 0.2) is 0 Å². The van der Waals surface area contributed by atoms with E-state index in [1.807, 2.05) is 13.8 Å². The first-order chi connectivity index (χ1) is 14.3. The molecule has 2 fully saturated rings. The van der Waals surface area contributed by atoms with E-state index in [1.54, 1.807) is 0 Å². The Morgan fingerprint density at radius 1 is 1.20 bits per heavy atom. The van der Waals surface area contributed by atoms with Gasteiger partial charge in [0.2, 0.25) is 0 Å². The minimum atomic E-state index is -0.646. The van der Waals surface area contributed by atoms with E-state index in [9.17, 15) is 5.11 Å². The van der Waals surface area contributed by atoms with Gasteiger partial charge in [-0.15, -0.1) is 0 Å². The molecule has 1 aromatic carbocycles. The van der Waals surface area contributed by atoms with E-state index in [0.29, 0.717) is 18.9 Å². The van der Waals surface area contributed by atoms with E-state index < -0.39 is 5.60 Å². The highest BCUT2D eigenvalue weighted by Crippen LogP contribution is 2.34. The summed E-state index contributed by atoms with van der Waals surface area (Å²) in [4.78, 5) is 17.1. The van der Waals surface area contributed by atoms with Crippen molar-refractivity contribution in [1.29, 1.82) is 0 Å². The van der Waals surface area contributed by atoms with Gasteiger partial charge >= 0.3 is 0 Å². The molecule has 0 amide bonds. The standard InChI is InChI=1S/C24H35N5O/c1-16-4-9-21-20(14-16)23(29-13-10-18(25)15-29)28-22(27-21)17-5-7-19(8-6-17)26-12-11-24(2,3)30/h4,9,14,17-18,30H,5-8,10-13,15,25H2,1-3H3/t17?,18-/m1/s1. The van der Waals surface area contributed by atoms with E-state index in [1.165, 1.54) is 11.3 Å². The Morgan fingerprint density at radius 2 is 1.97 bits per heavy atom. The van der Waals surface area contributed by atoms with Crippen molar-refractivity contribution >= 4 is 22.4 Å². The zero-order valence-electron chi connectivity index (χ0n) is 18.6. The number of aryl methyl sites for hydroxylation is 1. The van der Waals surface area contributed by atoms with Crippen molar-refractivity contribution in [2.75, 3.05) is 24.5 Å². The molecule has 1 aliphatic heterocycles. The number of benzene rings is 1. The van der Waals surface area contributed by atoms with E-state index in [2.05, 4.69) is 30.0 Å². The summed E-state index contributed by atoms with van der Waals surface area (Å²) in [5.41, 5.74) is 9.08. The highest BCUT2D eigenvalue weighted by Gasteiger charge is 2.26. The van der Waals surface area contributed by atoms with Crippen LogP contribution < -0.4 is 10.6 Å². The van der Waals surface area contributed by atoms with Crippen LogP contribution in [0.15, 0.2) is 23.2 Å². The number of fused-ring (bicyclic) bond motifs is 1. The summed E-state index contributed by atoms with van der Waals surface area (Å²) in [7, 11) is 0. The molecule has 6 heteroatoms. The molecule has 2 aliphatic rings. The maximum Gasteiger partial charge on any atom is 0.140 e. The lowest BCUT2D eigenvalue weighted by molar-refractivity contribution is 0.0738. The van der Waals surface area contributed by atoms with Crippen LogP contribution in [0.25, 0.3) is 10.9 Å². The van der Waals surface area contributed by atoms with Gasteiger partial charge in [-0.25, -0.2) is 9.97 Å². The lowest BCUT2D eigenvalue weighted by Crippen LogP contribution is -2.27. The number of hydrogen-bond acceptors (Lipinski definition) is 6. The van der Waals surface area contributed by atoms with Crippen molar-refractivity contribution in [3.05, 3.63) is 29.6 Å². The Bertz CT molecular complexity index is 923. The first-order valence-corrected chi connectivity index (χ1v) is 11.3. The molecule has 1 saturated heterocycles. The van der Waals surface area contributed by atoms with Crippen LogP contribution in [0.4, 0.5) is 5.82 Å². The van der Waals surface area contributed by atoms with Gasteiger partial charge < -0.3 is 15.7 Å². The molecule has 2 aromatic rings. The van der Waals surface area contributed by atoms with Gasteiger partial charge in [0.05, 0.1) is 11.1 Å². The van der Waals surface area contributed by atoms with E-state index in [0.717, 1.165) is 67.7 Å². The summed E-state index contributed by atoms with van der Waals surface area (Å²) >= 11 is 0. The minimum absolute atomic E-state index is 0.223. The lowest BCUT2D eigenvalue weighted by Gasteiger charge is -2.25. The van der Waals surface area contributed by atoms with Crippen molar-refractivity contribution < 1.29 is 5.11 Å². The molecule has 4 rings (SSSR count). The molecule has 162 valence electrons. The van der Waals surface area contributed by atoms with Crippen molar-refractivity contribution in [2.45, 2.75) is 76.9 Å². The number of anilines is 1. The monoisotopic (exact) mass is 409 g/mol. The number of hydrogen-bond donors (Lipinski definition) is 2. The molecule has 1 saturated carbocycles. The molecule has 30 heavy (non-hydrogen) atoms. The topological polar surface area (TPSA) is 87.6 Å². The van der Waals surface area contributed by atoms with E-state index >= 15 is 0 Å². The molecule has 1 aromatic heterocycles. The third-order valence-corrected chi connectivity index (χ3v) is 6.36. The summed E-state index contributed by atoms with van der Waals surface area (Å²) in [6.07, 6.45) is 5.79. The van der Waals surface area contributed by atoms with Crippen LogP contribution in [0.2, 0.25) is 0 Å². The first-order valence-electron chi connectivity index (χ1n) is 11.3. The van der Waals surface area contributed by atoms with E-state index in [-0.39, 0.29) is 6.04 Å². The fourth-order valence-corrected chi connectivity index (χ4v) is 4.50. The molecule has 0 bridgehead atoms. The van der Waals surface area contributed by atoms with Gasteiger partial charge in [-0.1, -0.05) is 11.6 Å². The first kappa shape index (κ1) is 21.2. The Morgan fingerprint density at radius 3 is 2.63 bits per heavy atom. The largest absolute Gasteiger partial charge is 0.390 e. The normalized spacial score (nSPS) is 22.7. The van der Waals surface area contributed by atoms with Crippen LogP contribution >= 0.6 is 0 Å². The molecule has 6 nitrogen and oxygen atoms in total. The molecule has 1 aliphatic carbocycles. The van der Waals surface area contributed by atoms with Crippen LogP contribution in [0.1, 0.15) is 69.7 Å². The Kier molecular flexibility index (Phi) is 6.07. The molecule has 0 unspecified atom stereocenters. The molecule has 0 spiro atoms. The molecule has 2 heterocycles. The van der Waals surface area contributed by atoms with Gasteiger partial charge in [-0.05, 0) is 71.4 Å². The Labute approximate surface area is 179 Å². The summed E-state index contributed by atoms with van der Waals surface area (Å²) < 4.78 is 0. The summed E-state index contributed by atoms with van der Waals surface area (Å²) in [6.45, 7) is 8.33. The quantitative estimate of drug-likeness (QED) is 0.785. The van der Waals surface area contributed by atoms with Gasteiger partial charge in [-0.2, -0.15) is 0 Å². The van der Waals surface area contributed by atoms with Crippen molar-refractivity contribution in [2.24, 2.45) is 10.7 Å². The van der Waals surface area contributed by atoms with Crippen molar-refractivity contribution in [3.63, 3.8) is 0 Å². The summed E-state index contributed by atoms with van der Waals surface area (Å²) in [6, 6.07) is 6.68. The molecule has 1 atom stereocenters. The van der Waals surface area contributed by atoms with Crippen molar-refractivity contribution in [1.82, 2.24) is 9.97 Å². The smallest absolute Gasteiger partial charge is 0.140 e. The zero-order valence-corrected chi connectivity index (χ0v) is 18.6. The van der Waals surface area contributed by atoms with Gasteiger partial charge in [0, 0.05) is 42.7 Å². The lowest BCUT2D eigenvalue weighted by atomic mass is 9.87. The molecular formula is C24H35N5O. The maximum absolute atomic E-state index is 9.88. The number of aliphatic hydroxyl groups is 1. The number of aliphatic imine (C=N–C) groups is 1. The van der Waals surface area contributed by atoms with Crippen LogP contribution in [-0.4, -0.2) is 52.1 Å². The third-order valence-electron chi connectivity index (χ3n) is 6.36. The molecule has 3 N–H and O–H groups in total. The zero-order chi connectivity index (χ0) is 21.3. The highest BCUT2D eigenvalue weighted by molar-refractivity contribution is 5.90. The second-order valence-electron chi connectivity index (χ2n) is 9.71. The van der Waals surface area contributed by atoms with Gasteiger partial charge in [0.1, 0.15) is 11.6 Å². The summed E-state index contributed by atoms with van der Waals surface area (Å²) in [5.74, 6) is 2.40. The van der Waals surface area contributed by atoms with Gasteiger partial charge in [-0.3, -0.25) is 4.99 Å². The molecular weight excluding hydrogens is 374 g/mol. The Balaban J connectivity index is 1.54. The average Bonchev–Trinajstić information content (AvgIpc) is 3.13.